The van der Waals surface area contributed by atoms with E-state index in [1.54, 1.807) is 0 Å². The Morgan fingerprint density at radius 3 is 1.73 bits per heavy atom. The van der Waals surface area contributed by atoms with Gasteiger partial charge < -0.3 is 9.63 Å². The van der Waals surface area contributed by atoms with Crippen LogP contribution in [-0.2, 0) is 22.6 Å². The molecular weight excluding hydrogens is 481 g/mol. The molecule has 0 amide bonds. The molecule has 3 aliphatic rings. The normalized spacial score (nSPS) is 29.0. The van der Waals surface area contributed by atoms with Gasteiger partial charge >= 0.3 is 5.97 Å². The zero-order valence-corrected chi connectivity index (χ0v) is 22.1. The summed E-state index contributed by atoms with van der Waals surface area (Å²) < 4.78 is 11.7. The first-order valence-corrected chi connectivity index (χ1v) is 14.8. The number of carbonyl (C=O) groups is 1. The number of nitrogens with zero attached hydrogens (tertiary/aromatic N) is 3. The Morgan fingerprint density at radius 2 is 1.27 bits per heavy atom. The van der Waals surface area contributed by atoms with Gasteiger partial charge in [-0.15, -0.1) is 14.0 Å². The van der Waals surface area contributed by atoms with Gasteiger partial charge in [-0.1, -0.05) is 104 Å². The average Bonchev–Trinajstić information content (AvgIpc) is 3.67. The van der Waals surface area contributed by atoms with Crippen molar-refractivity contribution in [2.75, 3.05) is 7.11 Å². The summed E-state index contributed by atoms with van der Waals surface area (Å²) in [4.78, 5) is 28.9. The summed E-state index contributed by atoms with van der Waals surface area (Å²) in [6, 6.07) is 30.1. The molecule has 3 aromatic carbocycles. The largest absolute Gasteiger partial charge is 0.636 e. The van der Waals surface area contributed by atoms with E-state index in [1.165, 1.54) is 7.11 Å². The summed E-state index contributed by atoms with van der Waals surface area (Å²) in [5.74, 6) is -0.321. The van der Waals surface area contributed by atoms with Crippen LogP contribution in [0.5, 0.6) is 0 Å². The zero-order chi connectivity index (χ0) is 25.4. The summed E-state index contributed by atoms with van der Waals surface area (Å²) in [5, 5.41) is 0. The Morgan fingerprint density at radius 1 is 0.811 bits per heavy atom. The topological polar surface area (TPSA) is 58.9 Å². The van der Waals surface area contributed by atoms with Crippen LogP contribution in [0.2, 0.25) is 0 Å². The molecule has 2 aliphatic heterocycles. The second-order valence-corrected chi connectivity index (χ2v) is 12.8. The van der Waals surface area contributed by atoms with E-state index in [1.807, 2.05) is 71.4 Å². The second kappa shape index (κ2) is 10.3. The number of rotatable bonds is 7. The highest BCUT2D eigenvalue weighted by molar-refractivity contribution is 7.62. The molecule has 1 aliphatic carbocycles. The maximum absolute atomic E-state index is 15.8. The first-order chi connectivity index (χ1) is 18.1. The average molecular weight is 516 g/mol. The summed E-state index contributed by atoms with van der Waals surface area (Å²) in [7, 11) is -1.91. The third kappa shape index (κ3) is 4.41. The molecule has 6 rings (SSSR count). The minimum absolute atomic E-state index is 0.179. The van der Waals surface area contributed by atoms with Crippen LogP contribution >= 0.6 is 7.94 Å². The fraction of sp³-hybridized carbons (Fsp3) is 0.367. The van der Waals surface area contributed by atoms with Gasteiger partial charge in [0.15, 0.2) is 14.0 Å². The summed E-state index contributed by atoms with van der Waals surface area (Å²) in [5.41, 5.74) is 3.28. The highest BCUT2D eigenvalue weighted by Crippen LogP contribution is 2.77. The van der Waals surface area contributed by atoms with Crippen LogP contribution in [0.3, 0.4) is 0 Å². The van der Waals surface area contributed by atoms with E-state index in [-0.39, 0.29) is 24.1 Å². The molecule has 1 saturated carbocycles. The number of fused-ring (bicyclic) bond motifs is 1. The van der Waals surface area contributed by atoms with Crippen LogP contribution in [0, 0.1) is 0 Å². The Bertz CT molecular complexity index is 1160. The van der Waals surface area contributed by atoms with Crippen LogP contribution in [0.4, 0.5) is 0 Å². The molecule has 5 atom stereocenters. The Labute approximate surface area is 220 Å². The van der Waals surface area contributed by atoms with Gasteiger partial charge in [0.25, 0.3) is 0 Å². The smallest absolute Gasteiger partial charge is 0.329 e. The highest BCUT2D eigenvalue weighted by atomic mass is 31.2. The van der Waals surface area contributed by atoms with E-state index in [2.05, 4.69) is 33.6 Å². The number of hydrogen-bond acceptors (Lipinski definition) is 6. The number of carbonyl (C=O) groups excluding carboxylic acids is 1. The molecule has 0 radical (unpaired) electrons. The van der Waals surface area contributed by atoms with Crippen molar-refractivity contribution in [2.24, 2.45) is 0 Å². The van der Waals surface area contributed by atoms with Gasteiger partial charge in [-0.2, -0.15) is 0 Å². The zero-order valence-electron chi connectivity index (χ0n) is 21.2. The van der Waals surface area contributed by atoms with Crippen molar-refractivity contribution in [3.63, 3.8) is 0 Å². The number of hydrogen-bond donors (Lipinski definition) is 0. The number of methoxy groups -OCH3 is 1. The van der Waals surface area contributed by atoms with Crippen LogP contribution in [-0.4, -0.2) is 45.2 Å². The first-order valence-electron chi connectivity index (χ1n) is 13.3. The SMILES string of the molecule is COC(=O)[C@@H]1[C@H](c2ccccc2)N1[P+]1([O-])N(Cc2ccccc2)[C@@H]2CCCC[C@H]2N1Cc1ccccc1. The summed E-state index contributed by atoms with van der Waals surface area (Å²) in [6.07, 6.45) is 4.29. The molecule has 192 valence electrons. The quantitative estimate of drug-likeness (QED) is 0.252. The van der Waals surface area contributed by atoms with Crippen molar-refractivity contribution in [3.8, 4) is 0 Å². The van der Waals surface area contributed by atoms with Crippen molar-refractivity contribution >= 4 is 13.9 Å². The van der Waals surface area contributed by atoms with E-state index in [0.29, 0.717) is 13.1 Å². The molecular formula is C30H34N3O3P. The lowest BCUT2D eigenvalue weighted by Crippen LogP contribution is -2.40. The van der Waals surface area contributed by atoms with Crippen molar-refractivity contribution in [1.29, 1.82) is 0 Å². The molecule has 37 heavy (non-hydrogen) atoms. The summed E-state index contributed by atoms with van der Waals surface area (Å²) >= 11 is 0. The van der Waals surface area contributed by atoms with Crippen LogP contribution in [0.15, 0.2) is 91.0 Å². The Balaban J connectivity index is 1.46. The second-order valence-electron chi connectivity index (χ2n) is 10.3. The van der Waals surface area contributed by atoms with E-state index in [9.17, 15) is 4.79 Å². The van der Waals surface area contributed by atoms with Crippen LogP contribution < -0.4 is 4.89 Å². The fourth-order valence-electron chi connectivity index (χ4n) is 6.43. The number of esters is 1. The molecule has 3 fully saturated rings. The predicted octanol–water partition coefficient (Wildman–Crippen LogP) is 4.95. The van der Waals surface area contributed by atoms with Crippen molar-refractivity contribution in [2.45, 2.75) is 62.9 Å². The predicted molar refractivity (Wildman–Crippen MR) is 144 cm³/mol. The van der Waals surface area contributed by atoms with Crippen molar-refractivity contribution < 1.29 is 14.4 Å². The molecule has 0 bridgehead atoms. The van der Waals surface area contributed by atoms with Gasteiger partial charge in [-0.25, -0.2) is 0 Å². The number of ether oxygens (including phenoxy) is 1. The number of benzene rings is 3. The Hall–Kier alpha value is -2.60. The fourth-order valence-corrected chi connectivity index (χ4v) is 10.3. The van der Waals surface area contributed by atoms with E-state index in [0.717, 1.165) is 42.4 Å². The van der Waals surface area contributed by atoms with Crippen LogP contribution in [0.25, 0.3) is 0 Å². The van der Waals surface area contributed by atoms with Gasteiger partial charge in [0, 0.05) is 0 Å². The molecule has 2 heterocycles. The minimum Gasteiger partial charge on any atom is -0.636 e. The van der Waals surface area contributed by atoms with E-state index < -0.39 is 14.0 Å². The van der Waals surface area contributed by atoms with E-state index >= 15 is 4.89 Å². The molecule has 6 nitrogen and oxygen atoms in total. The molecule has 0 spiro atoms. The maximum atomic E-state index is 15.8. The molecule has 0 aromatic heterocycles. The highest BCUT2D eigenvalue weighted by Gasteiger charge is 2.74. The van der Waals surface area contributed by atoms with Gasteiger partial charge in [-0.3, -0.25) is 4.79 Å². The minimum atomic E-state index is -3.33. The van der Waals surface area contributed by atoms with Gasteiger partial charge in [-0.05, 0) is 29.5 Å². The third-order valence-electron chi connectivity index (χ3n) is 8.17. The molecule has 0 N–H and O–H groups in total. The lowest BCUT2D eigenvalue weighted by atomic mass is 9.90. The third-order valence-corrected chi connectivity index (χ3v) is 11.5. The van der Waals surface area contributed by atoms with Crippen molar-refractivity contribution in [3.05, 3.63) is 108 Å². The van der Waals surface area contributed by atoms with Crippen LogP contribution in [0.1, 0.15) is 48.4 Å². The van der Waals surface area contributed by atoms with Gasteiger partial charge in [0.05, 0.1) is 32.3 Å². The molecule has 2 saturated heterocycles. The van der Waals surface area contributed by atoms with Gasteiger partial charge in [0.1, 0.15) is 6.04 Å². The first kappa shape index (κ1) is 24.7. The van der Waals surface area contributed by atoms with Gasteiger partial charge in [0.2, 0.25) is 0 Å². The Kier molecular flexibility index (Phi) is 6.87. The monoisotopic (exact) mass is 515 g/mol. The molecule has 3 aromatic rings. The van der Waals surface area contributed by atoms with Crippen molar-refractivity contribution in [1.82, 2.24) is 14.0 Å². The molecule has 1 unspecified atom stereocenters. The summed E-state index contributed by atoms with van der Waals surface area (Å²) in [6.45, 7) is 1.19. The maximum Gasteiger partial charge on any atom is 0.329 e. The lowest BCUT2D eigenvalue weighted by molar-refractivity contribution is -0.202. The van der Waals surface area contributed by atoms with E-state index in [4.69, 9.17) is 4.74 Å². The molecule has 7 heteroatoms. The standard InChI is InChI=1S/C30H34N3O3P/c1-36-30(34)29-28(25-17-9-4-10-18-25)33(29)37(35)31(21-23-13-5-2-6-14-23)26-19-11-12-20-27(26)32(37)22-24-15-7-3-8-16-24/h2-10,13-18,26-29H,11-12,19-22H2,1H3/t26-,27-,28+,29+,33?/m1/s1. The lowest BCUT2D eigenvalue weighted by Gasteiger charge is -2.41.